The standard InChI is InChI=1S/C41H28N6/c1-4-14-27(15-5-1)32-26-42-40-39(43-32)44-41(46(40)29-18-8-3-9-19-29)47-34-23-13-11-21-31(34)38-36(47)25-24-35-37(38)30-20-10-12-22-33(30)45(35)28-16-6-2-7-17-28/h1-25,42H,26H2. The predicted molar refractivity (Wildman–Crippen MR) is 193 cm³/mol. The molecule has 0 atom stereocenters. The van der Waals surface area contributed by atoms with Gasteiger partial charge in [-0.15, -0.1) is 0 Å². The van der Waals surface area contributed by atoms with Crippen LogP contribution in [0.1, 0.15) is 5.56 Å². The fraction of sp³-hybridized carbons (Fsp3) is 0.0244. The Balaban J connectivity index is 1.32. The molecule has 9 aromatic rings. The second-order valence-corrected chi connectivity index (χ2v) is 11.9. The number of aliphatic imine (C=N–C) groups is 1. The lowest BCUT2D eigenvalue weighted by molar-refractivity contribution is 0.938. The van der Waals surface area contributed by atoms with Gasteiger partial charge in [0, 0.05) is 27.2 Å². The third kappa shape index (κ3) is 3.79. The highest BCUT2D eigenvalue weighted by atomic mass is 15.3. The first-order chi connectivity index (χ1) is 23.3. The number of nitrogens with zero attached hydrogens (tertiary/aromatic N) is 5. The van der Waals surface area contributed by atoms with Crippen LogP contribution in [0.15, 0.2) is 157 Å². The van der Waals surface area contributed by atoms with Gasteiger partial charge in [-0.1, -0.05) is 103 Å². The number of hydrogen-bond donors (Lipinski definition) is 1. The van der Waals surface area contributed by atoms with E-state index in [4.69, 9.17) is 9.98 Å². The SMILES string of the molecule is c1ccc(C2=Nc3nc(-n4c5ccccc5c5c6c7ccccc7n(-c7ccccc7)c6ccc54)n(-c4ccccc4)c3NC2)cc1. The van der Waals surface area contributed by atoms with Crippen LogP contribution in [-0.2, 0) is 0 Å². The van der Waals surface area contributed by atoms with Crippen LogP contribution < -0.4 is 5.32 Å². The Bertz CT molecular complexity index is 2660. The van der Waals surface area contributed by atoms with Gasteiger partial charge in [-0.05, 0) is 54.1 Å². The quantitative estimate of drug-likeness (QED) is 0.217. The Hall–Kier alpha value is -6.40. The molecule has 0 spiro atoms. The first-order valence-corrected chi connectivity index (χ1v) is 15.9. The maximum atomic E-state index is 5.31. The van der Waals surface area contributed by atoms with E-state index in [1.165, 1.54) is 32.6 Å². The van der Waals surface area contributed by atoms with Crippen LogP contribution in [0.3, 0.4) is 0 Å². The van der Waals surface area contributed by atoms with Crippen LogP contribution >= 0.6 is 0 Å². The number of rotatable bonds is 4. The van der Waals surface area contributed by atoms with Crippen molar-refractivity contribution >= 4 is 61.0 Å². The first-order valence-electron chi connectivity index (χ1n) is 15.9. The van der Waals surface area contributed by atoms with Gasteiger partial charge in [-0.3, -0.25) is 9.13 Å². The molecule has 1 aliphatic heterocycles. The van der Waals surface area contributed by atoms with Crippen LogP contribution in [0, 0.1) is 0 Å². The van der Waals surface area contributed by atoms with E-state index in [1.807, 2.05) is 12.1 Å². The smallest absolute Gasteiger partial charge is 0.223 e. The maximum Gasteiger partial charge on any atom is 0.223 e. The minimum absolute atomic E-state index is 0.613. The molecule has 0 unspecified atom stereocenters. The zero-order chi connectivity index (χ0) is 30.9. The summed E-state index contributed by atoms with van der Waals surface area (Å²) in [6.45, 7) is 0.613. The maximum absolute atomic E-state index is 5.31. The summed E-state index contributed by atoms with van der Waals surface area (Å²) in [5.41, 5.74) is 8.79. The van der Waals surface area contributed by atoms with Crippen molar-refractivity contribution in [3.8, 4) is 17.3 Å². The van der Waals surface area contributed by atoms with Gasteiger partial charge in [0.25, 0.3) is 0 Å². The molecule has 3 aromatic heterocycles. The van der Waals surface area contributed by atoms with Crippen molar-refractivity contribution in [1.82, 2.24) is 18.7 Å². The molecule has 0 saturated heterocycles. The molecule has 0 amide bonds. The lowest BCUT2D eigenvalue weighted by Crippen LogP contribution is -2.20. The van der Waals surface area contributed by atoms with E-state index in [0.717, 1.165) is 45.4 Å². The monoisotopic (exact) mass is 604 g/mol. The Morgan fingerprint density at radius 3 is 1.62 bits per heavy atom. The molecule has 0 fully saturated rings. The molecule has 1 aliphatic rings. The van der Waals surface area contributed by atoms with Crippen LogP contribution in [-0.4, -0.2) is 30.9 Å². The van der Waals surface area contributed by atoms with Crippen molar-refractivity contribution in [2.75, 3.05) is 11.9 Å². The van der Waals surface area contributed by atoms with E-state index in [0.29, 0.717) is 12.4 Å². The highest BCUT2D eigenvalue weighted by Gasteiger charge is 2.27. The molecule has 47 heavy (non-hydrogen) atoms. The van der Waals surface area contributed by atoms with E-state index in [9.17, 15) is 0 Å². The Morgan fingerprint density at radius 1 is 0.468 bits per heavy atom. The molecular weight excluding hydrogens is 576 g/mol. The first kappa shape index (κ1) is 25.9. The van der Waals surface area contributed by atoms with Crippen molar-refractivity contribution in [2.45, 2.75) is 0 Å². The minimum atomic E-state index is 0.613. The van der Waals surface area contributed by atoms with Gasteiger partial charge in [0.1, 0.15) is 0 Å². The largest absolute Gasteiger partial charge is 0.362 e. The minimum Gasteiger partial charge on any atom is -0.362 e. The van der Waals surface area contributed by atoms with Crippen molar-refractivity contribution < 1.29 is 0 Å². The Kier molecular flexibility index (Phi) is 5.54. The van der Waals surface area contributed by atoms with Gasteiger partial charge in [0.2, 0.25) is 5.95 Å². The number of anilines is 1. The predicted octanol–water partition coefficient (Wildman–Crippen LogP) is 9.61. The van der Waals surface area contributed by atoms with Gasteiger partial charge >= 0.3 is 0 Å². The summed E-state index contributed by atoms with van der Waals surface area (Å²) in [4.78, 5) is 10.4. The van der Waals surface area contributed by atoms with Crippen LogP contribution in [0.2, 0.25) is 0 Å². The molecule has 0 radical (unpaired) electrons. The van der Waals surface area contributed by atoms with E-state index in [-0.39, 0.29) is 0 Å². The van der Waals surface area contributed by atoms with Crippen molar-refractivity contribution in [2.24, 2.45) is 4.99 Å². The molecule has 6 aromatic carbocycles. The molecule has 0 aliphatic carbocycles. The second-order valence-electron chi connectivity index (χ2n) is 11.9. The zero-order valence-electron chi connectivity index (χ0n) is 25.4. The van der Waals surface area contributed by atoms with Gasteiger partial charge in [0.15, 0.2) is 11.6 Å². The second kappa shape index (κ2) is 10.1. The topological polar surface area (TPSA) is 52.1 Å². The number of fused-ring (bicyclic) bond motifs is 8. The summed E-state index contributed by atoms with van der Waals surface area (Å²) in [5, 5.41) is 8.55. The van der Waals surface area contributed by atoms with Crippen LogP contribution in [0.5, 0.6) is 0 Å². The number of benzene rings is 6. The van der Waals surface area contributed by atoms with Crippen molar-refractivity contribution in [3.05, 3.63) is 157 Å². The van der Waals surface area contributed by atoms with Crippen LogP contribution in [0.25, 0.3) is 60.9 Å². The van der Waals surface area contributed by atoms with Crippen LogP contribution in [0.4, 0.5) is 11.6 Å². The van der Waals surface area contributed by atoms with E-state index in [1.54, 1.807) is 0 Å². The molecule has 1 N–H and O–H groups in total. The molecule has 0 saturated carbocycles. The number of para-hydroxylation sites is 4. The van der Waals surface area contributed by atoms with Gasteiger partial charge in [-0.2, -0.15) is 4.98 Å². The van der Waals surface area contributed by atoms with E-state index < -0.39 is 0 Å². The summed E-state index contributed by atoms with van der Waals surface area (Å²) < 4.78 is 6.90. The van der Waals surface area contributed by atoms with Gasteiger partial charge in [0.05, 0.1) is 40.0 Å². The normalized spacial score (nSPS) is 12.9. The van der Waals surface area contributed by atoms with Gasteiger partial charge in [-0.25, -0.2) is 4.99 Å². The molecular formula is C41H28N6. The van der Waals surface area contributed by atoms with Gasteiger partial charge < -0.3 is 9.88 Å². The fourth-order valence-electron chi connectivity index (χ4n) is 7.33. The van der Waals surface area contributed by atoms with Crippen molar-refractivity contribution in [3.63, 3.8) is 0 Å². The number of hydrogen-bond acceptors (Lipinski definition) is 3. The third-order valence-electron chi connectivity index (χ3n) is 9.31. The summed E-state index contributed by atoms with van der Waals surface area (Å²) in [5.74, 6) is 2.37. The molecule has 222 valence electrons. The van der Waals surface area contributed by atoms with Crippen molar-refractivity contribution in [1.29, 1.82) is 0 Å². The molecule has 10 rings (SSSR count). The zero-order valence-corrected chi connectivity index (χ0v) is 25.4. The summed E-state index contributed by atoms with van der Waals surface area (Å²) in [7, 11) is 0. The van der Waals surface area contributed by atoms with E-state index >= 15 is 0 Å². The molecule has 6 heteroatoms. The number of imidazole rings is 1. The Morgan fingerprint density at radius 2 is 0.979 bits per heavy atom. The molecule has 0 bridgehead atoms. The fourth-order valence-corrected chi connectivity index (χ4v) is 7.33. The summed E-state index contributed by atoms with van der Waals surface area (Å²) in [6, 6.07) is 53.3. The Labute approximate surface area is 270 Å². The average Bonchev–Trinajstić information content (AvgIpc) is 3.79. The number of aromatic nitrogens is 4. The number of nitrogens with one attached hydrogen (secondary N) is 1. The molecule has 4 heterocycles. The highest BCUT2D eigenvalue weighted by Crippen LogP contribution is 2.43. The summed E-state index contributed by atoms with van der Waals surface area (Å²) >= 11 is 0. The lowest BCUT2D eigenvalue weighted by atomic mass is 10.1. The third-order valence-corrected chi connectivity index (χ3v) is 9.31. The average molecular weight is 605 g/mol. The highest BCUT2D eigenvalue weighted by molar-refractivity contribution is 6.28. The summed E-state index contributed by atoms with van der Waals surface area (Å²) in [6.07, 6.45) is 0. The lowest BCUT2D eigenvalue weighted by Gasteiger charge is -2.18. The van der Waals surface area contributed by atoms with E-state index in [2.05, 4.69) is 159 Å². The molecule has 6 nitrogen and oxygen atoms in total.